The number of fused-ring (bicyclic) bond motifs is 1. The van der Waals surface area contributed by atoms with Crippen LogP contribution in [-0.4, -0.2) is 71.1 Å². The average molecular weight is 522 g/mol. The first-order chi connectivity index (χ1) is 15.7. The standard InChI is InChI=1S/C19H25N3O3S2.C2HF3O2/c1-14(2)22-12-19(25-16-6-4-5-7-18(16)27(22,23)24)8-9-21(11-19)10-17-15(3)20-13-26-17;3-2(4,5)1(6)7/h4-7,13-14H,8-12H2,1-3H3;(H,6,7). The average Bonchev–Trinajstić information content (AvgIpc) is 3.30. The van der Waals surface area contributed by atoms with E-state index in [1.165, 1.54) is 4.88 Å². The van der Waals surface area contributed by atoms with Crippen LogP contribution in [0.4, 0.5) is 13.2 Å². The maximum absolute atomic E-state index is 13.2. The Morgan fingerprint density at radius 2 is 1.94 bits per heavy atom. The van der Waals surface area contributed by atoms with Crippen molar-refractivity contribution in [3.63, 3.8) is 0 Å². The van der Waals surface area contributed by atoms with Crippen LogP contribution in [0.2, 0.25) is 0 Å². The number of likely N-dealkylation sites (tertiary alicyclic amines) is 1. The van der Waals surface area contributed by atoms with E-state index in [2.05, 4.69) is 9.88 Å². The van der Waals surface area contributed by atoms with Crippen molar-refractivity contribution >= 4 is 27.3 Å². The van der Waals surface area contributed by atoms with Gasteiger partial charge in [0.15, 0.2) is 0 Å². The number of carboxylic acid groups (broad SMARTS) is 1. The number of aliphatic carboxylic acids is 1. The van der Waals surface area contributed by atoms with E-state index in [1.54, 1.807) is 33.8 Å². The molecule has 1 unspecified atom stereocenters. The molecule has 1 saturated heterocycles. The SMILES string of the molecule is Cc1ncsc1CN1CCC2(C1)CN(C(C)C)S(=O)(=O)c1ccccc1O2.O=C(O)C(F)(F)F. The predicted octanol–water partition coefficient (Wildman–Crippen LogP) is 3.52. The lowest BCUT2D eigenvalue weighted by molar-refractivity contribution is -0.192. The van der Waals surface area contributed by atoms with Crippen molar-refractivity contribution in [2.45, 2.75) is 56.5 Å². The molecule has 1 atom stereocenters. The third-order valence-electron chi connectivity index (χ3n) is 5.63. The molecule has 2 aromatic rings. The van der Waals surface area contributed by atoms with Crippen molar-refractivity contribution in [2.75, 3.05) is 19.6 Å². The zero-order chi connectivity index (χ0) is 25.3. The molecule has 34 heavy (non-hydrogen) atoms. The summed E-state index contributed by atoms with van der Waals surface area (Å²) in [5.41, 5.74) is 2.42. The number of sulfonamides is 1. The number of aryl methyl sites for hydroxylation is 1. The summed E-state index contributed by atoms with van der Waals surface area (Å²) in [5.74, 6) is -2.29. The number of para-hydroxylation sites is 1. The van der Waals surface area contributed by atoms with Crippen molar-refractivity contribution < 1.29 is 36.2 Å². The van der Waals surface area contributed by atoms with Crippen molar-refractivity contribution in [3.05, 3.63) is 40.3 Å². The lowest BCUT2D eigenvalue weighted by atomic mass is 10.0. The first-order valence-corrected chi connectivity index (χ1v) is 12.8. The number of hydrogen-bond acceptors (Lipinski definition) is 7. The highest BCUT2D eigenvalue weighted by Gasteiger charge is 2.48. The topological polar surface area (TPSA) is 100 Å². The molecule has 0 bridgehead atoms. The molecule has 13 heteroatoms. The molecule has 0 radical (unpaired) electrons. The Balaban J connectivity index is 0.000000406. The number of benzene rings is 1. The van der Waals surface area contributed by atoms with Gasteiger partial charge in [-0.3, -0.25) is 4.90 Å². The Labute approximate surface area is 200 Å². The molecule has 1 N–H and O–H groups in total. The molecule has 8 nitrogen and oxygen atoms in total. The first kappa shape index (κ1) is 26.4. The maximum Gasteiger partial charge on any atom is 0.490 e. The van der Waals surface area contributed by atoms with Gasteiger partial charge < -0.3 is 9.84 Å². The van der Waals surface area contributed by atoms with Crippen molar-refractivity contribution in [3.8, 4) is 5.75 Å². The number of thiazole rings is 1. The summed E-state index contributed by atoms with van der Waals surface area (Å²) in [6.07, 6.45) is -4.28. The summed E-state index contributed by atoms with van der Waals surface area (Å²) in [6, 6.07) is 6.88. The van der Waals surface area contributed by atoms with Crippen molar-refractivity contribution in [1.29, 1.82) is 0 Å². The van der Waals surface area contributed by atoms with Gasteiger partial charge in [-0.05, 0) is 32.9 Å². The quantitative estimate of drug-likeness (QED) is 0.660. The molecule has 3 heterocycles. The number of rotatable bonds is 3. The Kier molecular flexibility index (Phi) is 7.60. The van der Waals surface area contributed by atoms with E-state index in [-0.39, 0.29) is 10.9 Å². The van der Waals surface area contributed by atoms with E-state index < -0.39 is 27.8 Å². The molecule has 0 amide bonds. The summed E-state index contributed by atoms with van der Waals surface area (Å²) in [5, 5.41) is 7.12. The molecule has 1 spiro atoms. The fraction of sp³-hybridized carbons (Fsp3) is 0.524. The minimum absolute atomic E-state index is 0.126. The van der Waals surface area contributed by atoms with Gasteiger partial charge in [-0.15, -0.1) is 11.3 Å². The minimum atomic E-state index is -5.08. The zero-order valence-electron chi connectivity index (χ0n) is 18.9. The van der Waals surface area contributed by atoms with Gasteiger partial charge in [0, 0.05) is 37.0 Å². The monoisotopic (exact) mass is 521 g/mol. The van der Waals surface area contributed by atoms with E-state index in [0.29, 0.717) is 18.8 Å². The van der Waals surface area contributed by atoms with E-state index >= 15 is 0 Å². The number of halogens is 3. The van der Waals surface area contributed by atoms with Crippen LogP contribution in [0, 0.1) is 6.92 Å². The number of ether oxygens (including phenoxy) is 1. The minimum Gasteiger partial charge on any atom is -0.483 e. The smallest absolute Gasteiger partial charge is 0.483 e. The number of carbonyl (C=O) groups is 1. The highest BCUT2D eigenvalue weighted by Crippen LogP contribution is 2.39. The second-order valence-electron chi connectivity index (χ2n) is 8.50. The van der Waals surface area contributed by atoms with Gasteiger partial charge in [0.25, 0.3) is 0 Å². The Morgan fingerprint density at radius 3 is 2.50 bits per heavy atom. The van der Waals surface area contributed by atoms with Crippen LogP contribution < -0.4 is 4.74 Å². The van der Waals surface area contributed by atoms with Crippen LogP contribution in [-0.2, 0) is 21.4 Å². The van der Waals surface area contributed by atoms with Crippen LogP contribution in [0.25, 0.3) is 0 Å². The van der Waals surface area contributed by atoms with E-state index in [1.807, 2.05) is 32.3 Å². The first-order valence-electron chi connectivity index (χ1n) is 10.5. The van der Waals surface area contributed by atoms with Gasteiger partial charge in [-0.25, -0.2) is 18.2 Å². The van der Waals surface area contributed by atoms with Gasteiger partial charge in [0.05, 0.1) is 17.7 Å². The summed E-state index contributed by atoms with van der Waals surface area (Å²) in [4.78, 5) is 17.1. The van der Waals surface area contributed by atoms with E-state index in [0.717, 1.165) is 25.2 Å². The van der Waals surface area contributed by atoms with E-state index in [9.17, 15) is 21.6 Å². The number of alkyl halides is 3. The summed E-state index contributed by atoms with van der Waals surface area (Å²) in [7, 11) is -3.57. The van der Waals surface area contributed by atoms with Crippen LogP contribution in [0.5, 0.6) is 5.75 Å². The molecule has 0 aliphatic carbocycles. The molecule has 1 aromatic carbocycles. The molecule has 1 fully saturated rings. The third-order valence-corrected chi connectivity index (χ3v) is 8.61. The molecule has 4 rings (SSSR count). The fourth-order valence-electron chi connectivity index (χ4n) is 3.92. The Morgan fingerprint density at radius 1 is 1.29 bits per heavy atom. The highest BCUT2D eigenvalue weighted by atomic mass is 32.2. The summed E-state index contributed by atoms with van der Waals surface area (Å²) in [6.45, 7) is 8.67. The molecule has 1 aromatic heterocycles. The second-order valence-corrected chi connectivity index (χ2v) is 11.3. The van der Waals surface area contributed by atoms with Gasteiger partial charge >= 0.3 is 12.1 Å². The second kappa shape index (κ2) is 9.80. The van der Waals surface area contributed by atoms with Crippen LogP contribution in [0.3, 0.4) is 0 Å². The molecule has 2 aliphatic heterocycles. The number of hydrogen-bond donors (Lipinski definition) is 1. The highest BCUT2D eigenvalue weighted by molar-refractivity contribution is 7.89. The fourth-order valence-corrected chi connectivity index (χ4v) is 6.57. The van der Waals surface area contributed by atoms with E-state index in [4.69, 9.17) is 14.6 Å². The third kappa shape index (κ3) is 5.70. The number of aromatic nitrogens is 1. The van der Waals surface area contributed by atoms with Crippen molar-refractivity contribution in [2.24, 2.45) is 0 Å². The van der Waals surface area contributed by atoms with Crippen LogP contribution >= 0.6 is 11.3 Å². The molecule has 2 aliphatic rings. The molecular formula is C21H26F3N3O5S2. The summed E-state index contributed by atoms with van der Waals surface area (Å²) < 4.78 is 66.2. The molecular weight excluding hydrogens is 495 g/mol. The predicted molar refractivity (Wildman–Crippen MR) is 119 cm³/mol. The largest absolute Gasteiger partial charge is 0.490 e. The molecule has 0 saturated carbocycles. The molecule has 188 valence electrons. The zero-order valence-corrected chi connectivity index (χ0v) is 20.5. The Bertz CT molecular complexity index is 1140. The van der Waals surface area contributed by atoms with Gasteiger partial charge in [-0.2, -0.15) is 17.5 Å². The Hall–Kier alpha value is -2.22. The lowest BCUT2D eigenvalue weighted by Crippen LogP contribution is -2.51. The normalized spacial score (nSPS) is 22.6. The van der Waals surface area contributed by atoms with Crippen molar-refractivity contribution in [1.82, 2.24) is 14.2 Å². The lowest BCUT2D eigenvalue weighted by Gasteiger charge is -2.33. The number of nitrogens with zero attached hydrogens (tertiary/aromatic N) is 3. The number of carboxylic acids is 1. The van der Waals surface area contributed by atoms with Crippen LogP contribution in [0.1, 0.15) is 30.8 Å². The maximum atomic E-state index is 13.2. The van der Waals surface area contributed by atoms with Gasteiger partial charge in [0.1, 0.15) is 16.2 Å². The summed E-state index contributed by atoms with van der Waals surface area (Å²) >= 11 is 1.67. The van der Waals surface area contributed by atoms with Gasteiger partial charge in [0.2, 0.25) is 10.0 Å². The van der Waals surface area contributed by atoms with Crippen LogP contribution in [0.15, 0.2) is 34.7 Å². The van der Waals surface area contributed by atoms with Gasteiger partial charge in [-0.1, -0.05) is 12.1 Å².